The Balaban J connectivity index is 2.14. The van der Waals surface area contributed by atoms with Crippen molar-refractivity contribution in [3.63, 3.8) is 0 Å². The second kappa shape index (κ2) is 6.66. The van der Waals surface area contributed by atoms with Crippen LogP contribution in [0.4, 0.5) is 9.93 Å². The Hall–Kier alpha value is -1.96. The monoisotopic (exact) mass is 338 g/mol. The number of carbonyl (C=O) groups excluding carboxylic acids is 3. The summed E-state index contributed by atoms with van der Waals surface area (Å²) in [6, 6.07) is -0.389. The molecule has 1 aromatic rings. The van der Waals surface area contributed by atoms with Crippen molar-refractivity contribution < 1.29 is 14.4 Å². The summed E-state index contributed by atoms with van der Waals surface area (Å²) in [4.78, 5) is 43.3. The fourth-order valence-electron chi connectivity index (χ4n) is 2.71. The van der Waals surface area contributed by atoms with Gasteiger partial charge in [-0.1, -0.05) is 13.3 Å². The molecular formula is C15H22N4O3S. The quantitative estimate of drug-likeness (QED) is 0.806. The highest BCUT2D eigenvalue weighted by Crippen LogP contribution is 2.26. The van der Waals surface area contributed by atoms with Crippen molar-refractivity contribution in [1.29, 1.82) is 0 Å². The third kappa shape index (κ3) is 3.36. The summed E-state index contributed by atoms with van der Waals surface area (Å²) in [5.41, 5.74) is -0.228. The molecular weight excluding hydrogens is 316 g/mol. The Bertz CT molecular complexity index is 630. The zero-order chi connectivity index (χ0) is 17.2. The smallest absolute Gasteiger partial charge is 0.323 e. The van der Waals surface area contributed by atoms with Gasteiger partial charge in [-0.2, -0.15) is 0 Å². The number of anilines is 1. The van der Waals surface area contributed by atoms with Crippen LogP contribution in [0.15, 0.2) is 5.38 Å². The van der Waals surface area contributed by atoms with E-state index in [0.29, 0.717) is 23.8 Å². The number of imide groups is 1. The average molecular weight is 338 g/mol. The molecule has 0 saturated carbocycles. The van der Waals surface area contributed by atoms with Crippen molar-refractivity contribution in [2.75, 3.05) is 11.4 Å². The lowest BCUT2D eigenvalue weighted by Crippen LogP contribution is -2.43. The fourth-order valence-corrected chi connectivity index (χ4v) is 3.63. The third-order valence-corrected chi connectivity index (χ3v) is 4.79. The molecule has 0 unspecified atom stereocenters. The Kier molecular flexibility index (Phi) is 5.03. The van der Waals surface area contributed by atoms with Gasteiger partial charge in [-0.05, 0) is 20.3 Å². The van der Waals surface area contributed by atoms with E-state index < -0.39 is 5.54 Å². The van der Waals surface area contributed by atoms with Gasteiger partial charge in [-0.25, -0.2) is 9.78 Å². The van der Waals surface area contributed by atoms with Crippen molar-refractivity contribution in [3.05, 3.63) is 11.1 Å². The molecule has 1 aliphatic rings. The van der Waals surface area contributed by atoms with E-state index in [1.54, 1.807) is 17.2 Å². The van der Waals surface area contributed by atoms with Gasteiger partial charge in [0.2, 0.25) is 5.91 Å². The number of hydrogen-bond donors (Lipinski definition) is 1. The molecule has 0 radical (unpaired) electrons. The minimum Gasteiger partial charge on any atom is -0.323 e. The van der Waals surface area contributed by atoms with E-state index in [-0.39, 0.29) is 24.4 Å². The van der Waals surface area contributed by atoms with Gasteiger partial charge < -0.3 is 5.32 Å². The van der Waals surface area contributed by atoms with Crippen LogP contribution in [0.2, 0.25) is 0 Å². The minimum atomic E-state index is -0.834. The van der Waals surface area contributed by atoms with Crippen molar-refractivity contribution in [3.8, 4) is 0 Å². The summed E-state index contributed by atoms with van der Waals surface area (Å²) in [5, 5.41) is 5.12. The van der Waals surface area contributed by atoms with Crippen LogP contribution in [-0.4, -0.2) is 39.8 Å². The van der Waals surface area contributed by atoms with Crippen molar-refractivity contribution in [2.45, 2.75) is 52.6 Å². The standard InChI is InChI=1S/C15H22N4O3S/c1-5-7-15(4)12(21)19(13(22)17-15)8-11-9-23-14(16-11)18(6-2)10(3)20/h9H,5-8H2,1-4H3,(H,17,22)/t15-/m1/s1. The van der Waals surface area contributed by atoms with Crippen molar-refractivity contribution in [1.82, 2.24) is 15.2 Å². The van der Waals surface area contributed by atoms with Crippen LogP contribution >= 0.6 is 11.3 Å². The van der Waals surface area contributed by atoms with Crippen LogP contribution in [0, 0.1) is 0 Å². The van der Waals surface area contributed by atoms with Crippen LogP contribution in [0.25, 0.3) is 0 Å². The van der Waals surface area contributed by atoms with Gasteiger partial charge in [0.25, 0.3) is 5.91 Å². The number of hydrogen-bond acceptors (Lipinski definition) is 5. The number of carbonyl (C=O) groups is 3. The van der Waals surface area contributed by atoms with E-state index in [9.17, 15) is 14.4 Å². The van der Waals surface area contributed by atoms with Crippen LogP contribution < -0.4 is 10.2 Å². The highest BCUT2D eigenvalue weighted by Gasteiger charge is 2.47. The Morgan fingerprint density at radius 3 is 2.70 bits per heavy atom. The van der Waals surface area contributed by atoms with E-state index in [1.807, 2.05) is 13.8 Å². The first-order valence-corrected chi connectivity index (χ1v) is 8.57. The average Bonchev–Trinajstić information content (AvgIpc) is 2.99. The molecule has 2 heterocycles. The molecule has 7 nitrogen and oxygen atoms in total. The number of urea groups is 1. The van der Waals surface area contributed by atoms with Gasteiger partial charge in [0.1, 0.15) is 5.54 Å². The maximum Gasteiger partial charge on any atom is 0.325 e. The zero-order valence-electron chi connectivity index (χ0n) is 13.9. The van der Waals surface area contributed by atoms with E-state index in [0.717, 1.165) is 6.42 Å². The molecule has 1 N–H and O–H groups in total. The number of nitrogens with zero attached hydrogens (tertiary/aromatic N) is 3. The molecule has 8 heteroatoms. The molecule has 2 rings (SSSR count). The summed E-state index contributed by atoms with van der Waals surface area (Å²) < 4.78 is 0. The van der Waals surface area contributed by atoms with Crippen LogP contribution in [0.1, 0.15) is 46.2 Å². The van der Waals surface area contributed by atoms with Crippen LogP contribution in [-0.2, 0) is 16.1 Å². The fraction of sp³-hybridized carbons (Fsp3) is 0.600. The largest absolute Gasteiger partial charge is 0.325 e. The molecule has 1 aliphatic heterocycles. The molecule has 0 aromatic carbocycles. The lowest BCUT2D eigenvalue weighted by atomic mass is 9.96. The molecule has 23 heavy (non-hydrogen) atoms. The molecule has 1 aromatic heterocycles. The summed E-state index contributed by atoms with van der Waals surface area (Å²) >= 11 is 1.33. The summed E-state index contributed by atoms with van der Waals surface area (Å²) in [7, 11) is 0. The molecule has 1 saturated heterocycles. The van der Waals surface area contributed by atoms with Gasteiger partial charge in [-0.15, -0.1) is 11.3 Å². The van der Waals surface area contributed by atoms with E-state index in [1.165, 1.54) is 23.2 Å². The minimum absolute atomic E-state index is 0.0843. The van der Waals surface area contributed by atoms with Gasteiger partial charge in [0.15, 0.2) is 5.13 Å². The molecule has 0 aliphatic carbocycles. The number of thiazole rings is 1. The second-order valence-corrected chi connectivity index (χ2v) is 6.62. The molecule has 1 atom stereocenters. The third-order valence-electron chi connectivity index (χ3n) is 3.88. The first kappa shape index (κ1) is 17.4. The van der Waals surface area contributed by atoms with Gasteiger partial charge in [0, 0.05) is 18.8 Å². The highest BCUT2D eigenvalue weighted by molar-refractivity contribution is 7.14. The van der Waals surface area contributed by atoms with E-state index >= 15 is 0 Å². The Labute approximate surface area is 139 Å². The Morgan fingerprint density at radius 1 is 1.43 bits per heavy atom. The number of amides is 4. The van der Waals surface area contributed by atoms with E-state index in [4.69, 9.17) is 0 Å². The number of rotatable bonds is 6. The Morgan fingerprint density at radius 2 is 2.13 bits per heavy atom. The maximum atomic E-state index is 12.5. The maximum absolute atomic E-state index is 12.5. The number of aromatic nitrogens is 1. The summed E-state index contributed by atoms with van der Waals surface area (Å²) in [5.74, 6) is -0.309. The highest BCUT2D eigenvalue weighted by atomic mass is 32.1. The zero-order valence-corrected chi connectivity index (χ0v) is 14.7. The van der Waals surface area contributed by atoms with Gasteiger partial charge in [-0.3, -0.25) is 19.4 Å². The first-order valence-electron chi connectivity index (χ1n) is 7.69. The topological polar surface area (TPSA) is 82.6 Å². The normalized spacial score (nSPS) is 20.8. The van der Waals surface area contributed by atoms with Crippen LogP contribution in [0.3, 0.4) is 0 Å². The lowest BCUT2D eigenvalue weighted by Gasteiger charge is -2.20. The van der Waals surface area contributed by atoms with Gasteiger partial charge >= 0.3 is 6.03 Å². The molecule has 4 amide bonds. The first-order chi connectivity index (χ1) is 10.8. The second-order valence-electron chi connectivity index (χ2n) is 5.79. The molecule has 0 spiro atoms. The summed E-state index contributed by atoms with van der Waals surface area (Å²) in [6.07, 6.45) is 1.41. The van der Waals surface area contributed by atoms with E-state index in [2.05, 4.69) is 10.3 Å². The molecule has 126 valence electrons. The molecule has 1 fully saturated rings. The lowest BCUT2D eigenvalue weighted by molar-refractivity contribution is -0.131. The predicted molar refractivity (Wildman–Crippen MR) is 88.2 cm³/mol. The predicted octanol–water partition coefficient (Wildman–Crippen LogP) is 2.13. The summed E-state index contributed by atoms with van der Waals surface area (Å²) in [6.45, 7) is 7.73. The SMILES string of the molecule is CCC[C@@]1(C)NC(=O)N(Cc2csc(N(CC)C(C)=O)n2)C1=O. The van der Waals surface area contributed by atoms with Crippen molar-refractivity contribution in [2.24, 2.45) is 0 Å². The van der Waals surface area contributed by atoms with Gasteiger partial charge in [0.05, 0.1) is 12.2 Å². The molecule has 0 bridgehead atoms. The van der Waals surface area contributed by atoms with Crippen molar-refractivity contribution >= 4 is 34.3 Å². The van der Waals surface area contributed by atoms with Crippen LogP contribution in [0.5, 0.6) is 0 Å². The number of nitrogens with one attached hydrogen (secondary N) is 1.